The van der Waals surface area contributed by atoms with Crippen molar-refractivity contribution in [2.45, 2.75) is 6.42 Å². The van der Waals surface area contributed by atoms with Crippen molar-refractivity contribution < 1.29 is 9.53 Å². The number of benzene rings is 3. The second-order valence-electron chi connectivity index (χ2n) is 6.17. The van der Waals surface area contributed by atoms with Gasteiger partial charge in [0.15, 0.2) is 5.75 Å². The molecule has 0 N–H and O–H groups in total. The fourth-order valence-electron chi connectivity index (χ4n) is 2.96. The topological polar surface area (TPSA) is 39.2 Å². The number of hydrogen-bond acceptors (Lipinski definition) is 3. The first kappa shape index (κ1) is 17.3. The van der Waals surface area contributed by atoms with Crippen LogP contribution in [0.1, 0.15) is 5.56 Å². The van der Waals surface area contributed by atoms with Crippen molar-refractivity contribution in [2.75, 3.05) is 0 Å². The van der Waals surface area contributed by atoms with Crippen molar-refractivity contribution in [2.24, 2.45) is 0 Å². The Labute approximate surface area is 162 Å². The lowest BCUT2D eigenvalue weighted by Gasteiger charge is -2.13. The summed E-state index contributed by atoms with van der Waals surface area (Å²) in [5.74, 6) is 0.144. The number of carbonyl (C=O) groups is 1. The van der Waals surface area contributed by atoms with Crippen LogP contribution in [-0.4, -0.2) is 11.0 Å². The second kappa shape index (κ2) is 7.60. The average molecular weight is 374 g/mol. The van der Waals surface area contributed by atoms with E-state index >= 15 is 0 Å². The molecule has 0 saturated carbocycles. The van der Waals surface area contributed by atoms with Crippen LogP contribution in [0.5, 0.6) is 5.75 Å². The van der Waals surface area contributed by atoms with Gasteiger partial charge in [0.05, 0.1) is 6.42 Å². The third-order valence-electron chi connectivity index (χ3n) is 4.28. The largest absolute Gasteiger partial charge is 0.423 e. The number of fused-ring (bicyclic) bond motifs is 1. The highest BCUT2D eigenvalue weighted by molar-refractivity contribution is 6.30. The number of halogens is 1. The molecule has 27 heavy (non-hydrogen) atoms. The van der Waals surface area contributed by atoms with Crippen LogP contribution < -0.4 is 4.74 Å². The SMILES string of the molecule is O=C(Cc1ccc(Cl)cc1)Oc1c(-c2ccccc2)ncc2ccccc12. The number of ether oxygens (including phenoxy) is 1. The Morgan fingerprint density at radius 3 is 2.37 bits per heavy atom. The van der Waals surface area contributed by atoms with Gasteiger partial charge in [-0.05, 0) is 17.7 Å². The lowest BCUT2D eigenvalue weighted by molar-refractivity contribution is -0.133. The van der Waals surface area contributed by atoms with Gasteiger partial charge in [-0.3, -0.25) is 9.78 Å². The Hall–Kier alpha value is -3.17. The summed E-state index contributed by atoms with van der Waals surface area (Å²) >= 11 is 5.91. The zero-order valence-electron chi connectivity index (χ0n) is 14.4. The number of carbonyl (C=O) groups excluding carboxylic acids is 1. The van der Waals surface area contributed by atoms with Crippen LogP contribution in [-0.2, 0) is 11.2 Å². The Kier molecular flexibility index (Phi) is 4.86. The molecule has 3 nitrogen and oxygen atoms in total. The summed E-state index contributed by atoms with van der Waals surface area (Å²) in [6, 6.07) is 24.6. The molecule has 0 amide bonds. The van der Waals surface area contributed by atoms with E-state index in [1.165, 1.54) is 0 Å². The monoisotopic (exact) mass is 373 g/mol. The van der Waals surface area contributed by atoms with E-state index in [0.29, 0.717) is 16.5 Å². The molecule has 0 aliphatic carbocycles. The van der Waals surface area contributed by atoms with Crippen LogP contribution in [0.15, 0.2) is 85.1 Å². The molecule has 0 saturated heterocycles. The van der Waals surface area contributed by atoms with Crippen molar-refractivity contribution in [3.63, 3.8) is 0 Å². The Morgan fingerprint density at radius 1 is 0.889 bits per heavy atom. The third kappa shape index (κ3) is 3.83. The molecule has 0 unspecified atom stereocenters. The molecule has 4 rings (SSSR count). The number of aromatic nitrogens is 1. The van der Waals surface area contributed by atoms with Crippen molar-refractivity contribution in [3.05, 3.63) is 95.6 Å². The van der Waals surface area contributed by atoms with Gasteiger partial charge in [-0.2, -0.15) is 0 Å². The summed E-state index contributed by atoms with van der Waals surface area (Å²) in [4.78, 5) is 17.2. The highest BCUT2D eigenvalue weighted by Crippen LogP contribution is 2.35. The molecule has 3 aromatic carbocycles. The standard InChI is InChI=1S/C23H16ClNO2/c24-19-12-10-16(11-13-19)14-21(26)27-23-20-9-5-4-8-18(20)15-25-22(23)17-6-2-1-3-7-17/h1-13,15H,14H2. The molecule has 0 spiro atoms. The zero-order valence-corrected chi connectivity index (χ0v) is 15.2. The number of rotatable bonds is 4. The molecule has 0 aliphatic heterocycles. The van der Waals surface area contributed by atoms with Crippen LogP contribution in [0.2, 0.25) is 5.02 Å². The van der Waals surface area contributed by atoms with E-state index in [9.17, 15) is 4.79 Å². The summed E-state index contributed by atoms with van der Waals surface area (Å²) in [6.07, 6.45) is 1.96. The predicted molar refractivity (Wildman–Crippen MR) is 108 cm³/mol. The summed E-state index contributed by atoms with van der Waals surface area (Å²) in [7, 11) is 0. The summed E-state index contributed by atoms with van der Waals surface area (Å²) in [5, 5.41) is 2.42. The number of esters is 1. The van der Waals surface area contributed by atoms with Gasteiger partial charge < -0.3 is 4.74 Å². The molecule has 0 radical (unpaired) electrons. The molecular weight excluding hydrogens is 358 g/mol. The van der Waals surface area contributed by atoms with Gasteiger partial charge in [-0.1, -0.05) is 78.3 Å². The summed E-state index contributed by atoms with van der Waals surface area (Å²) in [6.45, 7) is 0. The first-order valence-corrected chi connectivity index (χ1v) is 8.97. The molecule has 132 valence electrons. The minimum atomic E-state index is -0.340. The van der Waals surface area contributed by atoms with Gasteiger partial charge in [0.25, 0.3) is 0 Å². The molecule has 0 atom stereocenters. The molecule has 0 aliphatic rings. The smallest absolute Gasteiger partial charge is 0.315 e. The van der Waals surface area contributed by atoms with E-state index < -0.39 is 0 Å². The van der Waals surface area contributed by atoms with Gasteiger partial charge in [-0.25, -0.2) is 0 Å². The Balaban J connectivity index is 1.72. The van der Waals surface area contributed by atoms with Gasteiger partial charge in [0.2, 0.25) is 0 Å². The summed E-state index contributed by atoms with van der Waals surface area (Å²) in [5.41, 5.74) is 2.40. The van der Waals surface area contributed by atoms with Crippen LogP contribution >= 0.6 is 11.6 Å². The molecule has 4 aromatic rings. The minimum absolute atomic E-state index is 0.161. The highest BCUT2D eigenvalue weighted by Gasteiger charge is 2.16. The zero-order chi connectivity index (χ0) is 18.6. The fraction of sp³-hybridized carbons (Fsp3) is 0.0435. The van der Waals surface area contributed by atoms with Crippen LogP contribution in [0, 0.1) is 0 Å². The number of nitrogens with zero attached hydrogens (tertiary/aromatic N) is 1. The highest BCUT2D eigenvalue weighted by atomic mass is 35.5. The maximum Gasteiger partial charge on any atom is 0.315 e. The molecule has 0 bridgehead atoms. The van der Waals surface area contributed by atoms with E-state index in [4.69, 9.17) is 16.3 Å². The summed E-state index contributed by atoms with van der Waals surface area (Å²) < 4.78 is 5.81. The average Bonchev–Trinajstić information content (AvgIpc) is 2.71. The Bertz CT molecular complexity index is 1090. The van der Waals surface area contributed by atoms with Gasteiger partial charge in [-0.15, -0.1) is 0 Å². The van der Waals surface area contributed by atoms with E-state index in [0.717, 1.165) is 21.9 Å². The van der Waals surface area contributed by atoms with Gasteiger partial charge >= 0.3 is 5.97 Å². The first-order valence-electron chi connectivity index (χ1n) is 8.59. The second-order valence-corrected chi connectivity index (χ2v) is 6.60. The molecule has 4 heteroatoms. The van der Waals surface area contributed by atoms with Gasteiger partial charge in [0.1, 0.15) is 5.69 Å². The lowest BCUT2D eigenvalue weighted by atomic mass is 10.1. The number of hydrogen-bond donors (Lipinski definition) is 0. The van der Waals surface area contributed by atoms with E-state index in [1.807, 2.05) is 66.7 Å². The maximum atomic E-state index is 12.6. The molecule has 1 heterocycles. The van der Waals surface area contributed by atoms with Crippen LogP contribution in [0.3, 0.4) is 0 Å². The fourth-order valence-corrected chi connectivity index (χ4v) is 3.09. The lowest BCUT2D eigenvalue weighted by Crippen LogP contribution is -2.12. The van der Waals surface area contributed by atoms with E-state index in [2.05, 4.69) is 4.98 Å². The van der Waals surface area contributed by atoms with Crippen molar-refractivity contribution in [1.29, 1.82) is 0 Å². The molecular formula is C23H16ClNO2. The number of pyridine rings is 1. The van der Waals surface area contributed by atoms with E-state index in [-0.39, 0.29) is 12.4 Å². The maximum absolute atomic E-state index is 12.6. The molecule has 1 aromatic heterocycles. The van der Waals surface area contributed by atoms with Gasteiger partial charge in [0, 0.05) is 27.6 Å². The normalized spacial score (nSPS) is 10.7. The predicted octanol–water partition coefficient (Wildman–Crippen LogP) is 5.70. The van der Waals surface area contributed by atoms with Crippen molar-refractivity contribution in [1.82, 2.24) is 4.98 Å². The van der Waals surface area contributed by atoms with E-state index in [1.54, 1.807) is 18.3 Å². The third-order valence-corrected chi connectivity index (χ3v) is 4.53. The van der Waals surface area contributed by atoms with Crippen molar-refractivity contribution >= 4 is 28.3 Å². The van der Waals surface area contributed by atoms with Crippen molar-refractivity contribution in [3.8, 4) is 17.0 Å². The molecule has 0 fully saturated rings. The first-order chi connectivity index (χ1) is 13.2. The Morgan fingerprint density at radius 2 is 1.59 bits per heavy atom. The van der Waals surface area contributed by atoms with Crippen LogP contribution in [0.25, 0.3) is 22.0 Å². The quantitative estimate of drug-likeness (QED) is 0.430. The minimum Gasteiger partial charge on any atom is -0.423 e. The van der Waals surface area contributed by atoms with Crippen LogP contribution in [0.4, 0.5) is 0 Å².